The molecule has 2 amide bonds. The van der Waals surface area contributed by atoms with E-state index in [1.54, 1.807) is 19.1 Å². The van der Waals surface area contributed by atoms with E-state index in [4.69, 9.17) is 10.5 Å². The second-order valence-electron chi connectivity index (χ2n) is 5.74. The predicted octanol–water partition coefficient (Wildman–Crippen LogP) is 1.76. The standard InChI is InChI=1S/C17H27N3O3.ClH/c1-4-9-17(3,18)16(22)20-11-13-7-6-8-14(10-13)23-12-15(21)19-5-2;/h6-8,10H,4-5,9,11-12,18H2,1-3H3,(H,19,21)(H,20,22);1H. The first-order valence-corrected chi connectivity index (χ1v) is 7.94. The van der Waals surface area contributed by atoms with E-state index in [0.717, 1.165) is 12.0 Å². The summed E-state index contributed by atoms with van der Waals surface area (Å²) in [4.78, 5) is 23.5. The van der Waals surface area contributed by atoms with E-state index in [9.17, 15) is 9.59 Å². The van der Waals surface area contributed by atoms with E-state index < -0.39 is 5.54 Å². The molecule has 7 heteroatoms. The first-order valence-electron chi connectivity index (χ1n) is 7.94. The highest BCUT2D eigenvalue weighted by Gasteiger charge is 2.26. The molecular formula is C17H28ClN3O3. The van der Waals surface area contributed by atoms with Gasteiger partial charge in [-0.3, -0.25) is 9.59 Å². The zero-order valence-corrected chi connectivity index (χ0v) is 15.4. The molecule has 136 valence electrons. The van der Waals surface area contributed by atoms with Crippen molar-refractivity contribution in [2.75, 3.05) is 13.2 Å². The van der Waals surface area contributed by atoms with Crippen LogP contribution in [0.4, 0.5) is 0 Å². The van der Waals surface area contributed by atoms with Crippen molar-refractivity contribution < 1.29 is 14.3 Å². The molecule has 4 N–H and O–H groups in total. The lowest BCUT2D eigenvalue weighted by molar-refractivity contribution is -0.126. The Morgan fingerprint density at radius 2 is 1.96 bits per heavy atom. The Hall–Kier alpha value is -1.79. The fourth-order valence-corrected chi connectivity index (χ4v) is 2.16. The van der Waals surface area contributed by atoms with Crippen molar-refractivity contribution in [2.45, 2.75) is 45.7 Å². The van der Waals surface area contributed by atoms with Crippen LogP contribution in [0, 0.1) is 0 Å². The van der Waals surface area contributed by atoms with Gasteiger partial charge in [-0.05, 0) is 38.0 Å². The minimum atomic E-state index is -0.860. The topological polar surface area (TPSA) is 93.5 Å². The van der Waals surface area contributed by atoms with Crippen LogP contribution >= 0.6 is 12.4 Å². The number of ether oxygens (including phenoxy) is 1. The lowest BCUT2D eigenvalue weighted by Gasteiger charge is -2.22. The number of nitrogens with one attached hydrogen (secondary N) is 2. The summed E-state index contributed by atoms with van der Waals surface area (Å²) in [6.45, 7) is 6.50. The monoisotopic (exact) mass is 357 g/mol. The Kier molecular flexibility index (Phi) is 10.1. The molecule has 1 atom stereocenters. The molecule has 1 aromatic carbocycles. The minimum absolute atomic E-state index is 0. The lowest BCUT2D eigenvalue weighted by atomic mass is 9.96. The Bertz CT molecular complexity index is 536. The molecule has 6 nitrogen and oxygen atoms in total. The highest BCUT2D eigenvalue weighted by Crippen LogP contribution is 2.14. The highest BCUT2D eigenvalue weighted by atomic mass is 35.5. The maximum Gasteiger partial charge on any atom is 0.257 e. The first kappa shape index (κ1) is 22.2. The average Bonchev–Trinajstić information content (AvgIpc) is 2.51. The molecule has 0 spiro atoms. The van der Waals surface area contributed by atoms with Gasteiger partial charge in [0.1, 0.15) is 5.75 Å². The second-order valence-corrected chi connectivity index (χ2v) is 5.74. The zero-order valence-electron chi connectivity index (χ0n) is 14.6. The summed E-state index contributed by atoms with van der Waals surface area (Å²) in [5.41, 5.74) is 6.02. The SMILES string of the molecule is CCCC(C)(N)C(=O)NCc1cccc(OCC(=O)NCC)c1.Cl. The molecule has 0 saturated carbocycles. The average molecular weight is 358 g/mol. The van der Waals surface area contributed by atoms with E-state index in [2.05, 4.69) is 10.6 Å². The van der Waals surface area contributed by atoms with Gasteiger partial charge in [0.15, 0.2) is 6.61 Å². The smallest absolute Gasteiger partial charge is 0.257 e. The summed E-state index contributed by atoms with van der Waals surface area (Å²) in [6.07, 6.45) is 1.48. The Balaban J connectivity index is 0.00000529. The maximum atomic E-state index is 12.1. The maximum absolute atomic E-state index is 12.1. The van der Waals surface area contributed by atoms with E-state index in [-0.39, 0.29) is 30.8 Å². The number of hydrogen-bond acceptors (Lipinski definition) is 4. The number of carbonyl (C=O) groups is 2. The van der Waals surface area contributed by atoms with Crippen LogP contribution < -0.4 is 21.1 Å². The summed E-state index contributed by atoms with van der Waals surface area (Å²) >= 11 is 0. The van der Waals surface area contributed by atoms with E-state index in [1.165, 1.54) is 0 Å². The molecular weight excluding hydrogens is 330 g/mol. The molecule has 0 aromatic heterocycles. The van der Waals surface area contributed by atoms with Crippen LogP contribution in [0.3, 0.4) is 0 Å². The van der Waals surface area contributed by atoms with Gasteiger partial charge < -0.3 is 21.1 Å². The highest BCUT2D eigenvalue weighted by molar-refractivity contribution is 5.85. The third kappa shape index (κ3) is 7.66. The van der Waals surface area contributed by atoms with Gasteiger partial charge >= 0.3 is 0 Å². The molecule has 1 aromatic rings. The number of rotatable bonds is 9. The number of nitrogens with two attached hydrogens (primary N) is 1. The van der Waals surface area contributed by atoms with Crippen molar-refractivity contribution in [1.82, 2.24) is 10.6 Å². The molecule has 1 rings (SSSR count). The van der Waals surface area contributed by atoms with Gasteiger partial charge in [0, 0.05) is 13.1 Å². The first-order chi connectivity index (χ1) is 10.9. The van der Waals surface area contributed by atoms with Gasteiger partial charge in [-0.15, -0.1) is 12.4 Å². The lowest BCUT2D eigenvalue weighted by Crippen LogP contribution is -2.51. The molecule has 0 radical (unpaired) electrons. The third-order valence-corrected chi connectivity index (χ3v) is 3.38. The van der Waals surface area contributed by atoms with Crippen molar-refractivity contribution in [3.8, 4) is 5.75 Å². The second kappa shape index (κ2) is 10.9. The zero-order chi connectivity index (χ0) is 17.3. The fourth-order valence-electron chi connectivity index (χ4n) is 2.16. The number of halogens is 1. The van der Waals surface area contributed by atoms with Crippen LogP contribution in [0.15, 0.2) is 24.3 Å². The molecule has 0 heterocycles. The van der Waals surface area contributed by atoms with Gasteiger partial charge in [0.05, 0.1) is 5.54 Å². The van der Waals surface area contributed by atoms with Crippen LogP contribution in [0.5, 0.6) is 5.75 Å². The Morgan fingerprint density at radius 3 is 2.58 bits per heavy atom. The summed E-state index contributed by atoms with van der Waals surface area (Å²) < 4.78 is 5.42. The van der Waals surface area contributed by atoms with Gasteiger partial charge in [-0.1, -0.05) is 25.5 Å². The normalized spacial score (nSPS) is 12.5. The quantitative estimate of drug-likeness (QED) is 0.627. The van der Waals surface area contributed by atoms with Crippen LogP contribution in [-0.4, -0.2) is 30.5 Å². The van der Waals surface area contributed by atoms with E-state index >= 15 is 0 Å². The van der Waals surface area contributed by atoms with Gasteiger partial charge in [-0.2, -0.15) is 0 Å². The van der Waals surface area contributed by atoms with Gasteiger partial charge in [0.25, 0.3) is 5.91 Å². The van der Waals surface area contributed by atoms with E-state index in [0.29, 0.717) is 25.3 Å². The molecule has 1 unspecified atom stereocenters. The van der Waals surface area contributed by atoms with Crippen LogP contribution in [0.2, 0.25) is 0 Å². The molecule has 0 bridgehead atoms. The Labute approximate surface area is 149 Å². The summed E-state index contributed by atoms with van der Waals surface area (Å²) in [6, 6.07) is 7.27. The summed E-state index contributed by atoms with van der Waals surface area (Å²) in [5.74, 6) is 0.254. The van der Waals surface area contributed by atoms with Crippen LogP contribution in [0.1, 0.15) is 39.2 Å². The number of amides is 2. The third-order valence-electron chi connectivity index (χ3n) is 3.38. The molecule has 0 aliphatic carbocycles. The summed E-state index contributed by atoms with van der Waals surface area (Å²) in [5, 5.41) is 5.50. The number of carbonyl (C=O) groups excluding carboxylic acids is 2. The van der Waals surface area contributed by atoms with Gasteiger partial charge in [-0.25, -0.2) is 0 Å². The van der Waals surface area contributed by atoms with Gasteiger partial charge in [0.2, 0.25) is 5.91 Å². The number of hydrogen-bond donors (Lipinski definition) is 3. The fraction of sp³-hybridized carbons (Fsp3) is 0.529. The number of benzene rings is 1. The molecule has 0 fully saturated rings. The van der Waals surface area contributed by atoms with Crippen LogP contribution in [-0.2, 0) is 16.1 Å². The Morgan fingerprint density at radius 1 is 1.25 bits per heavy atom. The molecule has 24 heavy (non-hydrogen) atoms. The molecule has 0 saturated heterocycles. The summed E-state index contributed by atoms with van der Waals surface area (Å²) in [7, 11) is 0. The number of likely N-dealkylation sites (N-methyl/N-ethyl adjacent to an activating group) is 1. The molecule has 0 aliphatic rings. The van der Waals surface area contributed by atoms with Crippen molar-refractivity contribution >= 4 is 24.2 Å². The van der Waals surface area contributed by atoms with Crippen molar-refractivity contribution in [2.24, 2.45) is 5.73 Å². The minimum Gasteiger partial charge on any atom is -0.484 e. The van der Waals surface area contributed by atoms with Crippen molar-refractivity contribution in [3.63, 3.8) is 0 Å². The van der Waals surface area contributed by atoms with Crippen molar-refractivity contribution in [3.05, 3.63) is 29.8 Å². The molecule has 0 aliphatic heterocycles. The van der Waals surface area contributed by atoms with Crippen LogP contribution in [0.25, 0.3) is 0 Å². The van der Waals surface area contributed by atoms with Crippen molar-refractivity contribution in [1.29, 1.82) is 0 Å². The van der Waals surface area contributed by atoms with E-state index in [1.807, 2.05) is 26.0 Å². The largest absolute Gasteiger partial charge is 0.484 e. The predicted molar refractivity (Wildman–Crippen MR) is 97.2 cm³/mol.